The zero-order valence-corrected chi connectivity index (χ0v) is 12.2. The topological polar surface area (TPSA) is 12.5 Å². The van der Waals surface area contributed by atoms with Crippen LogP contribution in [-0.4, -0.2) is 42.6 Å². The largest absolute Gasteiger partial charge is 0.378 e. The van der Waals surface area contributed by atoms with Gasteiger partial charge in [0, 0.05) is 25.1 Å². The molecule has 1 unspecified atom stereocenters. The molecule has 3 heteroatoms. The average Bonchev–Trinajstić information content (AvgIpc) is 2.83. The third-order valence-corrected chi connectivity index (χ3v) is 4.00. The van der Waals surface area contributed by atoms with Crippen molar-refractivity contribution in [1.82, 2.24) is 4.90 Å². The molecule has 1 aliphatic heterocycles. The van der Waals surface area contributed by atoms with Crippen molar-refractivity contribution in [2.24, 2.45) is 0 Å². The molecule has 1 aliphatic rings. The third kappa shape index (κ3) is 5.58. The number of halogens is 1. The summed E-state index contributed by atoms with van der Waals surface area (Å²) in [5.74, 6) is 0.746. The summed E-state index contributed by atoms with van der Waals surface area (Å²) in [7, 11) is 0. The predicted octanol–water partition coefficient (Wildman–Crippen LogP) is 3.68. The fourth-order valence-electron chi connectivity index (χ4n) is 2.78. The number of nitrogens with zero attached hydrogens (tertiary/aromatic N) is 1. The fourth-order valence-corrected chi connectivity index (χ4v) is 3.00. The Labute approximate surface area is 112 Å². The zero-order chi connectivity index (χ0) is 12.5. The molecular weight excluding hydrogens is 234 g/mol. The van der Waals surface area contributed by atoms with Crippen LogP contribution in [0.4, 0.5) is 0 Å². The van der Waals surface area contributed by atoms with E-state index in [-0.39, 0.29) is 0 Å². The Balaban J connectivity index is 2.22. The molecule has 1 saturated heterocycles. The van der Waals surface area contributed by atoms with Crippen LogP contribution in [0.25, 0.3) is 0 Å². The number of hydrogen-bond acceptors (Lipinski definition) is 2. The summed E-state index contributed by atoms with van der Waals surface area (Å²) < 4.78 is 5.66. The highest BCUT2D eigenvalue weighted by Crippen LogP contribution is 2.18. The molecule has 1 atom stereocenters. The average molecular weight is 262 g/mol. The number of ether oxygens (including phenoxy) is 1. The predicted molar refractivity (Wildman–Crippen MR) is 74.9 cm³/mol. The molecule has 0 aromatic rings. The van der Waals surface area contributed by atoms with Gasteiger partial charge in [0.2, 0.25) is 0 Å². The highest BCUT2D eigenvalue weighted by atomic mass is 35.5. The molecule has 2 nitrogen and oxygen atoms in total. The molecule has 1 heterocycles. The Morgan fingerprint density at radius 1 is 1.29 bits per heavy atom. The Morgan fingerprint density at radius 2 is 2.06 bits per heavy atom. The second-order valence-electron chi connectivity index (χ2n) is 4.97. The van der Waals surface area contributed by atoms with Gasteiger partial charge in [0.1, 0.15) is 0 Å². The van der Waals surface area contributed by atoms with E-state index in [2.05, 4.69) is 18.7 Å². The summed E-state index contributed by atoms with van der Waals surface area (Å²) in [6.07, 6.45) is 7.98. The van der Waals surface area contributed by atoms with E-state index in [1.165, 1.54) is 45.1 Å². The molecule has 0 aliphatic carbocycles. The van der Waals surface area contributed by atoms with Crippen LogP contribution in [0, 0.1) is 0 Å². The molecule has 17 heavy (non-hydrogen) atoms. The smallest absolute Gasteiger partial charge is 0.0576 e. The SMILES string of the molecule is CCC(CC)N(CCCl)CCCC1CCCO1. The summed E-state index contributed by atoms with van der Waals surface area (Å²) in [6, 6.07) is 0.707. The van der Waals surface area contributed by atoms with Crippen LogP contribution in [0.5, 0.6) is 0 Å². The third-order valence-electron chi connectivity index (χ3n) is 3.83. The number of rotatable bonds is 9. The first-order chi connectivity index (χ1) is 8.31. The van der Waals surface area contributed by atoms with E-state index in [1.807, 2.05) is 0 Å². The zero-order valence-electron chi connectivity index (χ0n) is 11.5. The monoisotopic (exact) mass is 261 g/mol. The van der Waals surface area contributed by atoms with Gasteiger partial charge in [-0.3, -0.25) is 4.90 Å². The maximum absolute atomic E-state index is 5.89. The fraction of sp³-hybridized carbons (Fsp3) is 1.00. The molecule has 0 radical (unpaired) electrons. The molecule has 0 bridgehead atoms. The second kappa shape index (κ2) is 9.18. The first-order valence-corrected chi connectivity index (χ1v) is 7.76. The molecule has 0 aromatic heterocycles. The quantitative estimate of drug-likeness (QED) is 0.587. The molecule has 0 N–H and O–H groups in total. The summed E-state index contributed by atoms with van der Waals surface area (Å²) in [6.45, 7) is 7.73. The van der Waals surface area contributed by atoms with Gasteiger partial charge in [0.25, 0.3) is 0 Å². The van der Waals surface area contributed by atoms with Gasteiger partial charge in [0.15, 0.2) is 0 Å². The van der Waals surface area contributed by atoms with Crippen molar-refractivity contribution in [2.45, 2.75) is 64.5 Å². The Morgan fingerprint density at radius 3 is 2.59 bits per heavy atom. The van der Waals surface area contributed by atoms with Crippen LogP contribution in [-0.2, 0) is 4.74 Å². The van der Waals surface area contributed by atoms with Crippen LogP contribution >= 0.6 is 11.6 Å². The lowest BCUT2D eigenvalue weighted by molar-refractivity contribution is 0.0957. The minimum absolute atomic E-state index is 0.537. The maximum Gasteiger partial charge on any atom is 0.0576 e. The van der Waals surface area contributed by atoms with Gasteiger partial charge in [-0.1, -0.05) is 13.8 Å². The Hall–Kier alpha value is 0.210. The van der Waals surface area contributed by atoms with Gasteiger partial charge >= 0.3 is 0 Å². The Kier molecular flexibility index (Phi) is 8.25. The van der Waals surface area contributed by atoms with E-state index in [1.54, 1.807) is 0 Å². The van der Waals surface area contributed by atoms with Crippen LogP contribution < -0.4 is 0 Å². The number of hydrogen-bond donors (Lipinski definition) is 0. The molecular formula is C14H28ClNO. The standard InChI is InChI=1S/C14H28ClNO/c1-3-13(4-2)16(11-9-15)10-5-7-14-8-6-12-17-14/h13-14H,3-12H2,1-2H3. The van der Waals surface area contributed by atoms with E-state index >= 15 is 0 Å². The van der Waals surface area contributed by atoms with Crippen LogP contribution in [0.15, 0.2) is 0 Å². The summed E-state index contributed by atoms with van der Waals surface area (Å²) in [5.41, 5.74) is 0. The van der Waals surface area contributed by atoms with Crippen molar-refractivity contribution < 1.29 is 4.74 Å². The minimum atomic E-state index is 0.537. The summed E-state index contributed by atoms with van der Waals surface area (Å²) >= 11 is 5.89. The second-order valence-corrected chi connectivity index (χ2v) is 5.35. The van der Waals surface area contributed by atoms with Crippen LogP contribution in [0.3, 0.4) is 0 Å². The van der Waals surface area contributed by atoms with Crippen molar-refractivity contribution in [3.05, 3.63) is 0 Å². The van der Waals surface area contributed by atoms with Gasteiger partial charge < -0.3 is 4.74 Å². The van der Waals surface area contributed by atoms with Crippen molar-refractivity contribution in [3.8, 4) is 0 Å². The van der Waals surface area contributed by atoms with Crippen LogP contribution in [0.1, 0.15) is 52.4 Å². The number of alkyl halides is 1. The molecule has 1 fully saturated rings. The van der Waals surface area contributed by atoms with Gasteiger partial charge in [0.05, 0.1) is 6.10 Å². The molecule has 0 aromatic carbocycles. The lowest BCUT2D eigenvalue weighted by Gasteiger charge is -2.30. The Bertz CT molecular complexity index is 179. The van der Waals surface area contributed by atoms with Gasteiger partial charge in [-0.15, -0.1) is 11.6 Å². The first kappa shape index (κ1) is 15.3. The van der Waals surface area contributed by atoms with E-state index < -0.39 is 0 Å². The van der Waals surface area contributed by atoms with E-state index in [0.29, 0.717) is 12.1 Å². The van der Waals surface area contributed by atoms with E-state index in [4.69, 9.17) is 16.3 Å². The van der Waals surface area contributed by atoms with E-state index in [9.17, 15) is 0 Å². The lowest BCUT2D eigenvalue weighted by atomic mass is 10.1. The van der Waals surface area contributed by atoms with Crippen molar-refractivity contribution in [3.63, 3.8) is 0 Å². The highest BCUT2D eigenvalue weighted by molar-refractivity contribution is 6.18. The van der Waals surface area contributed by atoms with Crippen molar-refractivity contribution in [2.75, 3.05) is 25.6 Å². The molecule has 0 amide bonds. The van der Waals surface area contributed by atoms with Gasteiger partial charge in [-0.05, 0) is 45.1 Å². The van der Waals surface area contributed by atoms with Crippen LogP contribution in [0.2, 0.25) is 0 Å². The van der Waals surface area contributed by atoms with Crippen molar-refractivity contribution >= 4 is 11.6 Å². The van der Waals surface area contributed by atoms with Gasteiger partial charge in [-0.25, -0.2) is 0 Å². The normalized spacial score (nSPS) is 20.6. The minimum Gasteiger partial charge on any atom is -0.378 e. The molecule has 0 saturated carbocycles. The molecule has 102 valence electrons. The van der Waals surface area contributed by atoms with Crippen molar-refractivity contribution in [1.29, 1.82) is 0 Å². The summed E-state index contributed by atoms with van der Waals surface area (Å²) in [5, 5.41) is 0. The molecule has 0 spiro atoms. The van der Waals surface area contributed by atoms with Gasteiger partial charge in [-0.2, -0.15) is 0 Å². The molecule has 1 rings (SSSR count). The summed E-state index contributed by atoms with van der Waals surface area (Å²) in [4.78, 5) is 2.56. The van der Waals surface area contributed by atoms with E-state index in [0.717, 1.165) is 19.0 Å². The maximum atomic E-state index is 5.89. The first-order valence-electron chi connectivity index (χ1n) is 7.23. The lowest BCUT2D eigenvalue weighted by Crippen LogP contribution is -2.37. The highest BCUT2D eigenvalue weighted by Gasteiger charge is 2.17.